The highest BCUT2D eigenvalue weighted by molar-refractivity contribution is 5.41. The normalized spacial score (nSPS) is 10.6. The molecule has 0 aliphatic rings. The molecular weight excluding hydrogens is 268 g/mol. The molecule has 0 radical (unpaired) electrons. The van der Waals surface area contributed by atoms with E-state index in [1.54, 1.807) is 18.3 Å². The highest BCUT2D eigenvalue weighted by atomic mass is 16.1. The molecule has 2 aromatic rings. The number of hydrogen-bond donors (Lipinski definition) is 1. The van der Waals surface area contributed by atoms with Gasteiger partial charge in [-0.2, -0.15) is 5.10 Å². The molecule has 0 aliphatic heterocycles. The van der Waals surface area contributed by atoms with Crippen LogP contribution in [0.25, 0.3) is 0 Å². The number of nitrogens with zero attached hydrogens (tertiary/aromatic N) is 5. The average Bonchev–Trinajstić information content (AvgIpc) is 2.40. The predicted molar refractivity (Wildman–Crippen MR) is 82.3 cm³/mol. The minimum absolute atomic E-state index is 0.181. The van der Waals surface area contributed by atoms with Gasteiger partial charge >= 0.3 is 0 Å². The first-order chi connectivity index (χ1) is 9.99. The maximum Gasteiger partial charge on any atom is 0.269 e. The molecule has 0 amide bonds. The van der Waals surface area contributed by atoms with E-state index in [0.717, 1.165) is 24.3 Å². The fraction of sp³-hybridized carbons (Fsp3) is 0.429. The van der Waals surface area contributed by atoms with Crippen LogP contribution in [0.1, 0.15) is 24.9 Å². The first kappa shape index (κ1) is 15.0. The van der Waals surface area contributed by atoms with Crippen molar-refractivity contribution in [1.29, 1.82) is 0 Å². The molecule has 7 nitrogen and oxygen atoms in total. The molecule has 21 heavy (non-hydrogen) atoms. The summed E-state index contributed by atoms with van der Waals surface area (Å²) in [7, 11) is 1.94. The number of aromatic nitrogens is 4. The summed E-state index contributed by atoms with van der Waals surface area (Å²) >= 11 is 0. The molecule has 2 rings (SSSR count). The van der Waals surface area contributed by atoms with Crippen molar-refractivity contribution in [3.05, 3.63) is 40.2 Å². The fourth-order valence-corrected chi connectivity index (χ4v) is 2.08. The molecule has 0 saturated heterocycles. The van der Waals surface area contributed by atoms with Gasteiger partial charge in [0.2, 0.25) is 0 Å². The summed E-state index contributed by atoms with van der Waals surface area (Å²) in [5.74, 6) is 0.876. The van der Waals surface area contributed by atoms with Crippen molar-refractivity contribution in [3.8, 4) is 0 Å². The van der Waals surface area contributed by atoms with Crippen molar-refractivity contribution in [3.63, 3.8) is 0 Å². The average molecular weight is 288 g/mol. The third-order valence-electron chi connectivity index (χ3n) is 3.07. The van der Waals surface area contributed by atoms with E-state index < -0.39 is 0 Å². The van der Waals surface area contributed by atoms with Gasteiger partial charge in [0.05, 0.1) is 11.9 Å². The maximum absolute atomic E-state index is 12.1. The zero-order chi connectivity index (χ0) is 15.4. The Bertz CT molecular complexity index is 661. The van der Waals surface area contributed by atoms with E-state index in [0.29, 0.717) is 11.6 Å². The predicted octanol–water partition coefficient (Wildman–Crippen LogP) is 0.818. The molecule has 7 heteroatoms. The number of rotatable bonds is 5. The summed E-state index contributed by atoms with van der Waals surface area (Å²) in [6.45, 7) is 5.01. The maximum atomic E-state index is 12.1. The largest absolute Gasteiger partial charge is 0.384 e. The van der Waals surface area contributed by atoms with Gasteiger partial charge in [0.25, 0.3) is 5.56 Å². The van der Waals surface area contributed by atoms with E-state index in [-0.39, 0.29) is 12.1 Å². The minimum Gasteiger partial charge on any atom is -0.384 e. The van der Waals surface area contributed by atoms with Crippen LogP contribution in [0.2, 0.25) is 0 Å². The smallest absolute Gasteiger partial charge is 0.269 e. The summed E-state index contributed by atoms with van der Waals surface area (Å²) in [4.78, 5) is 22.5. The first-order valence-electron chi connectivity index (χ1n) is 6.88. The molecule has 0 aliphatic carbocycles. The number of hydrogen-bond acceptors (Lipinski definition) is 6. The first-order valence-corrected chi connectivity index (χ1v) is 6.88. The zero-order valence-corrected chi connectivity index (χ0v) is 12.6. The molecule has 0 aromatic carbocycles. The molecule has 2 N–H and O–H groups in total. The molecule has 0 spiro atoms. The van der Waals surface area contributed by atoms with E-state index in [9.17, 15) is 4.79 Å². The minimum atomic E-state index is -0.181. The van der Waals surface area contributed by atoms with Gasteiger partial charge in [-0.1, -0.05) is 6.92 Å². The van der Waals surface area contributed by atoms with Crippen LogP contribution in [0.3, 0.4) is 0 Å². The lowest BCUT2D eigenvalue weighted by molar-refractivity contribution is 0.612. The van der Waals surface area contributed by atoms with E-state index in [4.69, 9.17) is 5.73 Å². The Kier molecular flexibility index (Phi) is 4.52. The Morgan fingerprint density at radius 2 is 2.10 bits per heavy atom. The second kappa shape index (κ2) is 6.34. The number of aryl methyl sites for hydroxylation is 1. The van der Waals surface area contributed by atoms with Crippen molar-refractivity contribution < 1.29 is 0 Å². The van der Waals surface area contributed by atoms with Crippen LogP contribution in [0.4, 0.5) is 11.5 Å². The third-order valence-corrected chi connectivity index (χ3v) is 3.07. The van der Waals surface area contributed by atoms with Gasteiger partial charge in [0, 0.05) is 31.4 Å². The highest BCUT2D eigenvalue weighted by Gasteiger charge is 2.07. The fourth-order valence-electron chi connectivity index (χ4n) is 2.08. The Hall–Kier alpha value is -2.44. The molecule has 0 bridgehead atoms. The Labute approximate surface area is 123 Å². The second-order valence-electron chi connectivity index (χ2n) is 4.98. The summed E-state index contributed by atoms with van der Waals surface area (Å²) in [5.41, 5.74) is 7.08. The Balaban J connectivity index is 2.23. The Morgan fingerprint density at radius 1 is 1.33 bits per heavy atom. The summed E-state index contributed by atoms with van der Waals surface area (Å²) in [6.07, 6.45) is 2.69. The van der Waals surface area contributed by atoms with Gasteiger partial charge in [-0.3, -0.25) is 4.79 Å². The van der Waals surface area contributed by atoms with Crippen molar-refractivity contribution >= 4 is 11.5 Å². The van der Waals surface area contributed by atoms with Crippen LogP contribution in [0.15, 0.2) is 23.1 Å². The van der Waals surface area contributed by atoms with Gasteiger partial charge < -0.3 is 10.6 Å². The van der Waals surface area contributed by atoms with E-state index >= 15 is 0 Å². The van der Waals surface area contributed by atoms with Gasteiger partial charge in [0.1, 0.15) is 12.4 Å². The standard InChI is InChI=1S/C14H20N6O/c1-4-5-19(3)11-7-14(21)20(16-8-11)9-13-17-10(2)6-12(15)18-13/h6-8H,4-5,9H2,1-3H3,(H2,15,17,18). The molecule has 112 valence electrons. The van der Waals surface area contributed by atoms with Gasteiger partial charge in [-0.15, -0.1) is 0 Å². The molecular formula is C14H20N6O. The third kappa shape index (κ3) is 3.77. The summed E-state index contributed by atoms with van der Waals surface area (Å²) in [6, 6.07) is 3.25. The second-order valence-corrected chi connectivity index (χ2v) is 4.98. The molecule has 0 fully saturated rings. The van der Waals surface area contributed by atoms with Crippen molar-refractivity contribution in [2.24, 2.45) is 0 Å². The monoisotopic (exact) mass is 288 g/mol. The van der Waals surface area contributed by atoms with E-state index in [1.165, 1.54) is 4.68 Å². The summed E-state index contributed by atoms with van der Waals surface area (Å²) in [5, 5.41) is 4.18. The van der Waals surface area contributed by atoms with E-state index in [2.05, 4.69) is 22.0 Å². The molecule has 0 unspecified atom stereocenters. The Morgan fingerprint density at radius 3 is 2.71 bits per heavy atom. The number of anilines is 2. The van der Waals surface area contributed by atoms with Crippen molar-refractivity contribution in [1.82, 2.24) is 19.7 Å². The summed E-state index contributed by atoms with van der Waals surface area (Å²) < 4.78 is 1.33. The van der Waals surface area contributed by atoms with E-state index in [1.807, 2.05) is 18.9 Å². The zero-order valence-electron chi connectivity index (χ0n) is 12.6. The number of nitrogen functional groups attached to an aromatic ring is 1. The lowest BCUT2D eigenvalue weighted by atomic mass is 10.3. The van der Waals surface area contributed by atoms with Crippen LogP contribution in [0.5, 0.6) is 0 Å². The highest BCUT2D eigenvalue weighted by Crippen LogP contribution is 2.08. The number of nitrogens with two attached hydrogens (primary N) is 1. The molecule has 2 aromatic heterocycles. The van der Waals surface area contributed by atoms with Crippen LogP contribution in [0, 0.1) is 6.92 Å². The topological polar surface area (TPSA) is 89.9 Å². The van der Waals surface area contributed by atoms with Gasteiger partial charge in [-0.25, -0.2) is 14.6 Å². The van der Waals surface area contributed by atoms with Crippen molar-refractivity contribution in [2.75, 3.05) is 24.2 Å². The molecule has 0 atom stereocenters. The van der Waals surface area contributed by atoms with Crippen molar-refractivity contribution in [2.45, 2.75) is 26.8 Å². The van der Waals surface area contributed by atoms with Crippen LogP contribution in [-0.4, -0.2) is 33.3 Å². The van der Waals surface area contributed by atoms with Gasteiger partial charge in [0.15, 0.2) is 5.82 Å². The van der Waals surface area contributed by atoms with Crippen LogP contribution < -0.4 is 16.2 Å². The van der Waals surface area contributed by atoms with Crippen LogP contribution >= 0.6 is 0 Å². The molecule has 2 heterocycles. The lowest BCUT2D eigenvalue weighted by Gasteiger charge is -2.17. The molecule has 0 saturated carbocycles. The lowest BCUT2D eigenvalue weighted by Crippen LogP contribution is -2.27. The van der Waals surface area contributed by atoms with Gasteiger partial charge in [-0.05, 0) is 13.3 Å². The van der Waals surface area contributed by atoms with Crippen LogP contribution in [-0.2, 0) is 6.54 Å². The SMILES string of the molecule is CCCN(C)c1cnn(Cc2nc(C)cc(N)n2)c(=O)c1. The quantitative estimate of drug-likeness (QED) is 0.876.